The molecular weight excluding hydrogens is 278 g/mol. The highest BCUT2D eigenvalue weighted by Crippen LogP contribution is 2.41. The number of thiazole rings is 1. The lowest BCUT2D eigenvalue weighted by atomic mass is 9.84. The molecule has 1 aromatic heterocycles. The molecule has 118 valence electrons. The average molecular weight is 308 g/mol. The molecule has 0 bridgehead atoms. The van der Waals surface area contributed by atoms with Crippen LogP contribution in [0.3, 0.4) is 0 Å². The van der Waals surface area contributed by atoms with E-state index in [0.717, 1.165) is 6.42 Å². The Labute approximate surface area is 133 Å². The fraction of sp³-hybridized carbons (Fsp3) is 0.824. The van der Waals surface area contributed by atoms with Crippen molar-refractivity contribution in [2.45, 2.75) is 70.4 Å². The zero-order valence-electron chi connectivity index (χ0n) is 13.7. The van der Waals surface area contributed by atoms with Crippen LogP contribution in [0.15, 0.2) is 0 Å². The number of aryl methyl sites for hydroxylation is 2. The maximum atomic E-state index is 4.79. The van der Waals surface area contributed by atoms with Gasteiger partial charge in [0, 0.05) is 22.9 Å². The van der Waals surface area contributed by atoms with Crippen molar-refractivity contribution >= 4 is 11.3 Å². The van der Waals surface area contributed by atoms with E-state index in [1.807, 2.05) is 11.3 Å². The zero-order chi connectivity index (χ0) is 14.9. The Balaban J connectivity index is 1.81. The molecule has 3 nitrogen and oxygen atoms in total. The summed E-state index contributed by atoms with van der Waals surface area (Å²) in [5, 5.41) is 4.98. The van der Waals surface area contributed by atoms with Gasteiger partial charge < -0.3 is 5.32 Å². The molecule has 1 aliphatic carbocycles. The number of nitrogens with zero attached hydrogens (tertiary/aromatic N) is 2. The van der Waals surface area contributed by atoms with Crippen LogP contribution in [0.4, 0.5) is 0 Å². The molecule has 0 spiro atoms. The van der Waals surface area contributed by atoms with Crippen LogP contribution in [0.2, 0.25) is 0 Å². The highest BCUT2D eigenvalue weighted by atomic mass is 32.1. The summed E-state index contributed by atoms with van der Waals surface area (Å²) in [6, 6.07) is 0.544. The van der Waals surface area contributed by atoms with E-state index < -0.39 is 0 Å². The van der Waals surface area contributed by atoms with Crippen molar-refractivity contribution in [2.24, 2.45) is 0 Å². The van der Waals surface area contributed by atoms with Crippen LogP contribution in [0.25, 0.3) is 0 Å². The van der Waals surface area contributed by atoms with Crippen LogP contribution < -0.4 is 5.32 Å². The van der Waals surface area contributed by atoms with Crippen LogP contribution in [0.1, 0.15) is 54.1 Å². The lowest BCUT2D eigenvalue weighted by Crippen LogP contribution is -2.59. The lowest BCUT2D eigenvalue weighted by Gasteiger charge is -2.45. The third-order valence-corrected chi connectivity index (χ3v) is 6.75. The van der Waals surface area contributed by atoms with E-state index in [1.54, 1.807) is 0 Å². The molecule has 0 radical (unpaired) electrons. The minimum atomic E-state index is 0.388. The van der Waals surface area contributed by atoms with Crippen LogP contribution in [-0.4, -0.2) is 41.6 Å². The van der Waals surface area contributed by atoms with Crippen LogP contribution >= 0.6 is 11.3 Å². The van der Waals surface area contributed by atoms with Gasteiger partial charge in [-0.1, -0.05) is 12.8 Å². The molecule has 1 aliphatic heterocycles. The predicted octanol–water partition coefficient (Wildman–Crippen LogP) is 3.30. The molecule has 21 heavy (non-hydrogen) atoms. The van der Waals surface area contributed by atoms with Gasteiger partial charge in [0.15, 0.2) is 0 Å². The van der Waals surface area contributed by atoms with Crippen molar-refractivity contribution in [3.63, 3.8) is 0 Å². The van der Waals surface area contributed by atoms with Gasteiger partial charge in [0.25, 0.3) is 0 Å². The fourth-order valence-electron chi connectivity index (χ4n) is 4.40. The third kappa shape index (κ3) is 2.90. The predicted molar refractivity (Wildman–Crippen MR) is 90.1 cm³/mol. The monoisotopic (exact) mass is 307 g/mol. The number of nitrogens with one attached hydrogen (secondary N) is 1. The second-order valence-corrected chi connectivity index (χ2v) is 8.09. The smallest absolute Gasteiger partial charge is 0.0947 e. The normalized spacial score (nSPS) is 23.8. The maximum Gasteiger partial charge on any atom is 0.0947 e. The van der Waals surface area contributed by atoms with Gasteiger partial charge in [0.2, 0.25) is 0 Å². The van der Waals surface area contributed by atoms with Crippen molar-refractivity contribution in [3.05, 3.63) is 15.6 Å². The van der Waals surface area contributed by atoms with Crippen molar-refractivity contribution in [2.75, 3.05) is 20.1 Å². The van der Waals surface area contributed by atoms with Crippen molar-refractivity contribution in [1.82, 2.24) is 15.2 Å². The summed E-state index contributed by atoms with van der Waals surface area (Å²) >= 11 is 1.89. The number of hydrogen-bond donors (Lipinski definition) is 1. The molecule has 0 amide bonds. The van der Waals surface area contributed by atoms with Gasteiger partial charge in [0.1, 0.15) is 0 Å². The summed E-state index contributed by atoms with van der Waals surface area (Å²) in [5.74, 6) is 0. The Kier molecular flexibility index (Phi) is 4.67. The Morgan fingerprint density at radius 1 is 1.19 bits per heavy atom. The molecule has 2 aliphatic rings. The first-order valence-corrected chi connectivity index (χ1v) is 9.32. The maximum absolute atomic E-state index is 4.79. The van der Waals surface area contributed by atoms with Crippen LogP contribution in [0.5, 0.6) is 0 Å². The summed E-state index contributed by atoms with van der Waals surface area (Å²) in [4.78, 5) is 8.96. The second kappa shape index (κ2) is 6.35. The van der Waals surface area contributed by atoms with E-state index in [0.29, 0.717) is 11.6 Å². The first-order chi connectivity index (χ1) is 10.2. The first kappa shape index (κ1) is 15.4. The molecule has 3 rings (SSSR count). The summed E-state index contributed by atoms with van der Waals surface area (Å²) in [5.41, 5.74) is 1.60. The van der Waals surface area contributed by atoms with E-state index in [-0.39, 0.29) is 0 Å². The van der Waals surface area contributed by atoms with Crippen LogP contribution in [-0.2, 0) is 6.42 Å². The van der Waals surface area contributed by atoms with E-state index in [1.165, 1.54) is 67.2 Å². The molecular formula is C17H29N3S. The van der Waals surface area contributed by atoms with Gasteiger partial charge in [-0.05, 0) is 59.7 Å². The zero-order valence-corrected chi connectivity index (χ0v) is 14.6. The number of hydrogen-bond acceptors (Lipinski definition) is 4. The highest BCUT2D eigenvalue weighted by molar-refractivity contribution is 7.11. The molecule has 1 saturated carbocycles. The number of likely N-dealkylation sites (tertiary alicyclic amines) is 1. The quantitative estimate of drug-likeness (QED) is 0.904. The molecule has 1 N–H and O–H groups in total. The molecule has 1 atom stereocenters. The van der Waals surface area contributed by atoms with E-state index in [4.69, 9.17) is 4.98 Å². The van der Waals surface area contributed by atoms with Crippen LogP contribution in [0, 0.1) is 13.8 Å². The Morgan fingerprint density at radius 3 is 2.38 bits per heavy atom. The Morgan fingerprint density at radius 2 is 1.86 bits per heavy atom. The lowest BCUT2D eigenvalue weighted by molar-refractivity contribution is 0.0797. The van der Waals surface area contributed by atoms with Gasteiger partial charge in [-0.15, -0.1) is 11.3 Å². The molecule has 1 aromatic rings. The molecule has 4 heteroatoms. The largest absolute Gasteiger partial charge is 0.315 e. The SMILES string of the molecule is CNC(Cc1nc(C)c(C)s1)C1(N2CCCC2)CCCC1. The average Bonchev–Trinajstić information content (AvgIpc) is 3.18. The van der Waals surface area contributed by atoms with Crippen molar-refractivity contribution in [1.29, 1.82) is 0 Å². The molecule has 2 heterocycles. The van der Waals surface area contributed by atoms with Gasteiger partial charge in [-0.2, -0.15) is 0 Å². The number of rotatable bonds is 5. The summed E-state index contributed by atoms with van der Waals surface area (Å²) in [6.07, 6.45) is 9.37. The molecule has 2 fully saturated rings. The summed E-state index contributed by atoms with van der Waals surface area (Å²) in [7, 11) is 2.15. The van der Waals surface area contributed by atoms with Gasteiger partial charge in [0.05, 0.1) is 10.7 Å². The third-order valence-electron chi connectivity index (χ3n) is 5.65. The number of likely N-dealkylation sites (N-methyl/N-ethyl adjacent to an activating group) is 1. The minimum absolute atomic E-state index is 0.388. The Hall–Kier alpha value is -0.450. The molecule has 0 aromatic carbocycles. The highest BCUT2D eigenvalue weighted by Gasteiger charge is 2.46. The first-order valence-electron chi connectivity index (χ1n) is 8.51. The minimum Gasteiger partial charge on any atom is -0.315 e. The summed E-state index contributed by atoms with van der Waals surface area (Å²) < 4.78 is 0. The van der Waals surface area contributed by atoms with E-state index in [9.17, 15) is 0 Å². The fourth-order valence-corrected chi connectivity index (χ4v) is 5.38. The standard InChI is InChI=1S/C17H29N3S/c1-13-14(2)21-16(19-13)12-15(18-3)17(8-4-5-9-17)20-10-6-7-11-20/h15,18H,4-12H2,1-3H3. The second-order valence-electron chi connectivity index (χ2n) is 6.80. The molecule has 1 unspecified atom stereocenters. The number of aromatic nitrogens is 1. The van der Waals surface area contributed by atoms with Gasteiger partial charge >= 0.3 is 0 Å². The van der Waals surface area contributed by atoms with E-state index in [2.05, 4.69) is 31.1 Å². The van der Waals surface area contributed by atoms with Crippen molar-refractivity contribution in [3.8, 4) is 0 Å². The topological polar surface area (TPSA) is 28.2 Å². The summed E-state index contributed by atoms with van der Waals surface area (Å²) in [6.45, 7) is 6.93. The van der Waals surface area contributed by atoms with Gasteiger partial charge in [-0.25, -0.2) is 4.98 Å². The van der Waals surface area contributed by atoms with E-state index >= 15 is 0 Å². The van der Waals surface area contributed by atoms with Crippen molar-refractivity contribution < 1.29 is 0 Å². The molecule has 1 saturated heterocycles. The Bertz CT molecular complexity index is 451. The van der Waals surface area contributed by atoms with Gasteiger partial charge in [-0.3, -0.25) is 4.90 Å².